The van der Waals surface area contributed by atoms with E-state index in [1.165, 1.54) is 19.2 Å². The van der Waals surface area contributed by atoms with Crippen LogP contribution in [0.4, 0.5) is 13.2 Å². The molecule has 1 unspecified atom stereocenters. The van der Waals surface area contributed by atoms with Crippen LogP contribution in [0.1, 0.15) is 18.4 Å². The number of ether oxygens (including phenoxy) is 2. The molecule has 0 aliphatic carbocycles. The molecule has 27 heavy (non-hydrogen) atoms. The Morgan fingerprint density at radius 3 is 2.41 bits per heavy atom. The van der Waals surface area contributed by atoms with Crippen LogP contribution in [0.5, 0.6) is 5.75 Å². The molecule has 1 fully saturated rings. The summed E-state index contributed by atoms with van der Waals surface area (Å²) in [6.07, 6.45) is -4.34. The minimum absolute atomic E-state index is 0. The minimum Gasteiger partial charge on any atom is -0.491 e. The summed E-state index contributed by atoms with van der Waals surface area (Å²) in [6, 6.07) is 4.18. The molecule has 0 aromatic heterocycles. The van der Waals surface area contributed by atoms with Crippen molar-refractivity contribution in [3.63, 3.8) is 0 Å². The smallest absolute Gasteiger partial charge is 0.416 e. The van der Waals surface area contributed by atoms with Crippen LogP contribution in [0.25, 0.3) is 0 Å². The number of hydrogen-bond donors (Lipinski definition) is 3. The lowest BCUT2D eigenvalue weighted by molar-refractivity contribution is -0.147. The van der Waals surface area contributed by atoms with Crippen molar-refractivity contribution < 1.29 is 32.5 Å². The number of carbonyl (C=O) groups is 1. The van der Waals surface area contributed by atoms with E-state index in [0.717, 1.165) is 12.1 Å². The van der Waals surface area contributed by atoms with Gasteiger partial charge in [0.15, 0.2) is 0 Å². The van der Waals surface area contributed by atoms with Crippen molar-refractivity contribution in [2.75, 3.05) is 33.4 Å². The van der Waals surface area contributed by atoms with Crippen molar-refractivity contribution in [1.29, 1.82) is 0 Å². The molecule has 3 N–H and O–H groups in total. The van der Waals surface area contributed by atoms with Gasteiger partial charge in [-0.25, -0.2) is 0 Å². The summed E-state index contributed by atoms with van der Waals surface area (Å²) in [5, 5.41) is 15.7. The lowest BCUT2D eigenvalue weighted by Gasteiger charge is -2.35. The first-order chi connectivity index (χ1) is 12.3. The molecule has 0 bridgehead atoms. The number of aliphatic hydroxyl groups is 1. The molecule has 10 heteroatoms. The third-order valence-electron chi connectivity index (χ3n) is 4.34. The summed E-state index contributed by atoms with van der Waals surface area (Å²) in [7, 11) is 1.48. The van der Waals surface area contributed by atoms with Gasteiger partial charge >= 0.3 is 6.18 Å². The van der Waals surface area contributed by atoms with Crippen LogP contribution >= 0.6 is 12.4 Å². The number of carbonyl (C=O) groups excluding carboxylic acids is 1. The maximum atomic E-state index is 12.5. The first-order valence-corrected chi connectivity index (χ1v) is 8.29. The molecular formula is C17H24ClF3N2O4. The maximum absolute atomic E-state index is 12.5. The Hall–Kier alpha value is -1.55. The summed E-state index contributed by atoms with van der Waals surface area (Å²) in [5.41, 5.74) is -1.68. The van der Waals surface area contributed by atoms with Crippen LogP contribution in [-0.4, -0.2) is 56.1 Å². The Morgan fingerprint density at radius 1 is 1.30 bits per heavy atom. The maximum Gasteiger partial charge on any atom is 0.416 e. The predicted molar refractivity (Wildman–Crippen MR) is 95.0 cm³/mol. The van der Waals surface area contributed by atoms with Crippen molar-refractivity contribution in [3.05, 3.63) is 29.8 Å². The van der Waals surface area contributed by atoms with Gasteiger partial charge in [-0.15, -0.1) is 12.4 Å². The Balaban J connectivity index is 0.00000364. The number of halogens is 4. The first kappa shape index (κ1) is 23.5. The molecule has 1 amide bonds. The molecule has 0 radical (unpaired) electrons. The molecule has 6 nitrogen and oxygen atoms in total. The zero-order valence-corrected chi connectivity index (χ0v) is 15.7. The Morgan fingerprint density at radius 2 is 1.89 bits per heavy atom. The second-order valence-corrected chi connectivity index (χ2v) is 6.15. The monoisotopic (exact) mass is 412 g/mol. The van der Waals surface area contributed by atoms with Crippen molar-refractivity contribution in [1.82, 2.24) is 10.6 Å². The molecule has 1 aliphatic rings. The number of benzene rings is 1. The standard InChI is InChI=1S/C17H23F3N2O4.ClH/c1-25-16(6-8-21-9-7-16)15(24)22-10-13(23)11-26-14-4-2-12(3-5-14)17(18,19)20;/h2-5,13,21,23H,6-11H2,1H3,(H,22,24);1H. The molecule has 1 aliphatic heterocycles. The number of piperidine rings is 1. The highest BCUT2D eigenvalue weighted by molar-refractivity contribution is 5.85. The van der Waals surface area contributed by atoms with E-state index >= 15 is 0 Å². The zero-order chi connectivity index (χ0) is 19.2. The van der Waals surface area contributed by atoms with Crippen molar-refractivity contribution in [2.45, 2.75) is 30.7 Å². The van der Waals surface area contributed by atoms with Crippen LogP contribution in [0, 0.1) is 0 Å². The lowest BCUT2D eigenvalue weighted by atomic mass is 9.91. The number of aliphatic hydroxyl groups excluding tert-OH is 1. The molecule has 1 atom stereocenters. The van der Waals surface area contributed by atoms with Crippen LogP contribution in [-0.2, 0) is 15.7 Å². The molecule has 154 valence electrons. The summed E-state index contributed by atoms with van der Waals surface area (Å²) >= 11 is 0. The fourth-order valence-electron chi connectivity index (χ4n) is 2.72. The van der Waals surface area contributed by atoms with E-state index in [4.69, 9.17) is 9.47 Å². The number of nitrogens with one attached hydrogen (secondary N) is 2. The molecule has 2 rings (SSSR count). The van der Waals surface area contributed by atoms with Gasteiger partial charge in [0.1, 0.15) is 24.1 Å². The highest BCUT2D eigenvalue weighted by Gasteiger charge is 2.39. The number of hydrogen-bond acceptors (Lipinski definition) is 5. The molecule has 1 saturated heterocycles. The highest BCUT2D eigenvalue weighted by Crippen LogP contribution is 2.30. The van der Waals surface area contributed by atoms with Crippen LogP contribution in [0.2, 0.25) is 0 Å². The van der Waals surface area contributed by atoms with E-state index in [1.54, 1.807) is 0 Å². The number of amides is 1. The molecule has 1 aromatic carbocycles. The predicted octanol–water partition coefficient (Wildman–Crippen LogP) is 1.75. The molecule has 1 heterocycles. The summed E-state index contributed by atoms with van der Waals surface area (Å²) < 4.78 is 48.1. The SMILES string of the molecule is COC1(C(=O)NCC(O)COc2ccc(C(F)(F)F)cc2)CCNCC1.Cl. The highest BCUT2D eigenvalue weighted by atomic mass is 35.5. The second kappa shape index (κ2) is 10.1. The Kier molecular flexibility index (Phi) is 8.80. The van der Waals surface area contributed by atoms with Gasteiger partial charge in [0, 0.05) is 13.7 Å². The van der Waals surface area contributed by atoms with E-state index in [1.807, 2.05) is 0 Å². The fraction of sp³-hybridized carbons (Fsp3) is 0.588. The largest absolute Gasteiger partial charge is 0.491 e. The van der Waals surface area contributed by atoms with Crippen molar-refractivity contribution in [2.24, 2.45) is 0 Å². The van der Waals surface area contributed by atoms with E-state index in [0.29, 0.717) is 25.9 Å². The number of rotatable bonds is 7. The average Bonchev–Trinajstić information content (AvgIpc) is 2.64. The van der Waals surface area contributed by atoms with Crippen molar-refractivity contribution >= 4 is 18.3 Å². The van der Waals surface area contributed by atoms with E-state index in [-0.39, 0.29) is 37.2 Å². The second-order valence-electron chi connectivity index (χ2n) is 6.15. The average molecular weight is 413 g/mol. The van der Waals surface area contributed by atoms with E-state index in [2.05, 4.69) is 10.6 Å². The van der Waals surface area contributed by atoms with Gasteiger partial charge in [0.2, 0.25) is 0 Å². The van der Waals surface area contributed by atoms with Gasteiger partial charge in [-0.05, 0) is 50.2 Å². The quantitative estimate of drug-likeness (QED) is 0.636. The lowest BCUT2D eigenvalue weighted by Crippen LogP contribution is -2.55. The van der Waals surface area contributed by atoms with Gasteiger partial charge in [-0.3, -0.25) is 4.79 Å². The first-order valence-electron chi connectivity index (χ1n) is 8.29. The van der Waals surface area contributed by atoms with E-state index < -0.39 is 23.4 Å². The van der Waals surface area contributed by atoms with Gasteiger partial charge in [-0.2, -0.15) is 13.2 Å². The Bertz CT molecular complexity index is 593. The van der Waals surface area contributed by atoms with E-state index in [9.17, 15) is 23.1 Å². The topological polar surface area (TPSA) is 79.8 Å². The Labute approximate surface area is 161 Å². The van der Waals surface area contributed by atoms with Crippen LogP contribution in [0.3, 0.4) is 0 Å². The summed E-state index contributed by atoms with van der Waals surface area (Å²) in [4.78, 5) is 12.3. The minimum atomic E-state index is -4.41. The van der Waals surface area contributed by atoms with Gasteiger partial charge in [-0.1, -0.05) is 0 Å². The summed E-state index contributed by atoms with van der Waals surface area (Å²) in [5.74, 6) is -0.0924. The molecule has 0 saturated carbocycles. The van der Waals surface area contributed by atoms with Crippen LogP contribution in [0.15, 0.2) is 24.3 Å². The molecule has 1 aromatic rings. The fourth-order valence-corrected chi connectivity index (χ4v) is 2.72. The van der Waals surface area contributed by atoms with Crippen LogP contribution < -0.4 is 15.4 Å². The van der Waals surface area contributed by atoms with Crippen molar-refractivity contribution in [3.8, 4) is 5.75 Å². The van der Waals surface area contributed by atoms with Gasteiger partial charge in [0.05, 0.1) is 5.56 Å². The van der Waals surface area contributed by atoms with Gasteiger partial charge < -0.3 is 25.2 Å². The molecular weight excluding hydrogens is 389 g/mol. The molecule has 0 spiro atoms. The normalized spacial score (nSPS) is 17.5. The summed E-state index contributed by atoms with van der Waals surface area (Å²) in [6.45, 7) is 1.13. The van der Waals surface area contributed by atoms with Gasteiger partial charge in [0.25, 0.3) is 5.91 Å². The third-order valence-corrected chi connectivity index (χ3v) is 4.34. The zero-order valence-electron chi connectivity index (χ0n) is 14.8. The number of methoxy groups -OCH3 is 1. The third kappa shape index (κ3) is 6.53. The number of alkyl halides is 3.